The lowest BCUT2D eigenvalue weighted by Crippen LogP contribution is -2.47. The number of halogens is 4. The Morgan fingerprint density at radius 2 is 2.24 bits per heavy atom. The van der Waals surface area contributed by atoms with Gasteiger partial charge in [0, 0.05) is 24.9 Å². The fourth-order valence-corrected chi connectivity index (χ4v) is 3.90. The molecular weight excluding hydrogens is 468 g/mol. The molecule has 0 aliphatic carbocycles. The van der Waals surface area contributed by atoms with Gasteiger partial charge in [-0.05, 0) is 26.2 Å². The second kappa shape index (κ2) is 8.85. The Kier molecular flexibility index (Phi) is 7.32. The number of aromatic nitrogens is 1. The van der Waals surface area contributed by atoms with E-state index in [1.807, 2.05) is 6.92 Å². The molecular formula is C15H22F3IN4OS. The van der Waals surface area contributed by atoms with Gasteiger partial charge in [-0.2, -0.15) is 13.2 Å². The van der Waals surface area contributed by atoms with E-state index in [4.69, 9.17) is 4.74 Å². The van der Waals surface area contributed by atoms with Crippen molar-refractivity contribution >= 4 is 41.3 Å². The van der Waals surface area contributed by atoms with E-state index in [1.54, 1.807) is 0 Å². The lowest BCUT2D eigenvalue weighted by molar-refractivity contribution is -0.140. The van der Waals surface area contributed by atoms with Gasteiger partial charge in [0.15, 0.2) is 11.7 Å². The first-order valence-electron chi connectivity index (χ1n) is 8.17. The summed E-state index contributed by atoms with van der Waals surface area (Å²) in [5, 5.41) is 8.05. The third kappa shape index (κ3) is 5.43. The number of fused-ring (bicyclic) bond motifs is 2. The smallest absolute Gasteiger partial charge is 0.373 e. The lowest BCUT2D eigenvalue weighted by Gasteiger charge is -2.22. The van der Waals surface area contributed by atoms with Crippen molar-refractivity contribution in [3.63, 3.8) is 0 Å². The second-order valence-electron chi connectivity index (χ2n) is 6.00. The van der Waals surface area contributed by atoms with Gasteiger partial charge in [-0.25, -0.2) is 4.98 Å². The van der Waals surface area contributed by atoms with Gasteiger partial charge in [0.25, 0.3) is 0 Å². The van der Waals surface area contributed by atoms with Crippen LogP contribution in [0.2, 0.25) is 0 Å². The maximum atomic E-state index is 12.5. The summed E-state index contributed by atoms with van der Waals surface area (Å²) in [6.45, 7) is 3.09. The molecule has 5 nitrogen and oxygen atoms in total. The molecule has 1 aromatic rings. The minimum atomic E-state index is -4.38. The number of nitrogens with zero attached hydrogens (tertiary/aromatic N) is 2. The summed E-state index contributed by atoms with van der Waals surface area (Å²) in [4.78, 5) is 8.07. The molecule has 0 aromatic carbocycles. The average Bonchev–Trinajstić information content (AvgIpc) is 3.22. The van der Waals surface area contributed by atoms with E-state index in [1.165, 1.54) is 0 Å². The Balaban J connectivity index is 0.00000225. The molecule has 0 saturated carbocycles. The molecule has 1 aromatic heterocycles. The maximum absolute atomic E-state index is 12.5. The summed E-state index contributed by atoms with van der Waals surface area (Å²) in [5.74, 6) is 0.686. The number of hydrogen-bond donors (Lipinski definition) is 2. The molecule has 0 spiro atoms. The zero-order chi connectivity index (χ0) is 17.2. The predicted octanol–water partition coefficient (Wildman–Crippen LogP) is 3.20. The second-order valence-corrected chi connectivity index (χ2v) is 6.94. The summed E-state index contributed by atoms with van der Waals surface area (Å²) in [7, 11) is 0. The number of alkyl halides is 3. The molecule has 3 rings (SSSR count). The van der Waals surface area contributed by atoms with Gasteiger partial charge in [-0.1, -0.05) is 0 Å². The summed E-state index contributed by atoms with van der Waals surface area (Å²) < 4.78 is 43.4. The highest BCUT2D eigenvalue weighted by molar-refractivity contribution is 14.0. The van der Waals surface area contributed by atoms with Gasteiger partial charge < -0.3 is 15.4 Å². The molecule has 2 bridgehead atoms. The van der Waals surface area contributed by atoms with Crippen molar-refractivity contribution < 1.29 is 17.9 Å². The highest BCUT2D eigenvalue weighted by Crippen LogP contribution is 2.34. The van der Waals surface area contributed by atoms with Crippen molar-refractivity contribution in [2.24, 2.45) is 4.99 Å². The first-order valence-corrected chi connectivity index (χ1v) is 9.05. The van der Waals surface area contributed by atoms with Crippen molar-refractivity contribution in [1.29, 1.82) is 0 Å². The van der Waals surface area contributed by atoms with E-state index < -0.39 is 11.9 Å². The first kappa shape index (κ1) is 20.7. The van der Waals surface area contributed by atoms with Crippen LogP contribution in [0.25, 0.3) is 0 Å². The summed E-state index contributed by atoms with van der Waals surface area (Å²) >= 11 is 1.02. The number of nitrogens with one attached hydrogen (secondary N) is 2. The minimum absolute atomic E-state index is 0. The van der Waals surface area contributed by atoms with Crippen LogP contribution >= 0.6 is 35.3 Å². The van der Waals surface area contributed by atoms with Crippen molar-refractivity contribution in [2.45, 2.75) is 57.0 Å². The van der Waals surface area contributed by atoms with Crippen LogP contribution in [-0.2, 0) is 17.3 Å². The van der Waals surface area contributed by atoms with E-state index in [-0.39, 0.29) is 36.1 Å². The van der Waals surface area contributed by atoms with Crippen LogP contribution in [0.15, 0.2) is 10.4 Å². The summed E-state index contributed by atoms with van der Waals surface area (Å²) in [6.07, 6.45) is -0.209. The Morgan fingerprint density at radius 1 is 1.44 bits per heavy atom. The maximum Gasteiger partial charge on any atom is 0.434 e. The molecule has 25 heavy (non-hydrogen) atoms. The van der Waals surface area contributed by atoms with Crippen LogP contribution in [0.5, 0.6) is 0 Å². The van der Waals surface area contributed by atoms with E-state index in [2.05, 4.69) is 20.6 Å². The van der Waals surface area contributed by atoms with Gasteiger partial charge in [-0.15, -0.1) is 35.3 Å². The van der Waals surface area contributed by atoms with Gasteiger partial charge in [0.2, 0.25) is 0 Å². The largest absolute Gasteiger partial charge is 0.434 e. The number of rotatable bonds is 5. The van der Waals surface area contributed by atoms with Gasteiger partial charge in [0.05, 0.1) is 23.3 Å². The van der Waals surface area contributed by atoms with Crippen molar-refractivity contribution in [3.8, 4) is 0 Å². The van der Waals surface area contributed by atoms with E-state index in [0.29, 0.717) is 30.0 Å². The van der Waals surface area contributed by atoms with Crippen molar-refractivity contribution in [2.75, 3.05) is 13.1 Å². The first-order chi connectivity index (χ1) is 11.5. The molecule has 2 aliphatic heterocycles. The standard InChI is InChI=1S/C15H21F3N4OS.HI/c1-2-19-14(21-10-7-9-3-4-11(10)23-9)20-6-5-13-22-12(8-24-13)15(16,17)18;/h8-11H,2-7H2,1H3,(H2,19,20,21);1H. The molecule has 0 radical (unpaired) electrons. The van der Waals surface area contributed by atoms with Crippen LogP contribution in [0.3, 0.4) is 0 Å². The third-order valence-electron chi connectivity index (χ3n) is 4.21. The molecule has 3 heterocycles. The molecule has 2 N–H and O–H groups in total. The zero-order valence-corrected chi connectivity index (χ0v) is 17.0. The molecule has 0 amide bonds. The average molecular weight is 490 g/mol. The molecule has 2 saturated heterocycles. The van der Waals surface area contributed by atoms with E-state index in [9.17, 15) is 13.2 Å². The van der Waals surface area contributed by atoms with Crippen molar-refractivity contribution in [1.82, 2.24) is 15.6 Å². The predicted molar refractivity (Wildman–Crippen MR) is 102 cm³/mol. The number of ether oxygens (including phenoxy) is 1. The van der Waals surface area contributed by atoms with Gasteiger partial charge >= 0.3 is 6.18 Å². The van der Waals surface area contributed by atoms with E-state index in [0.717, 1.165) is 42.5 Å². The Bertz CT molecular complexity index is 596. The Hall–Kier alpha value is -0.620. The summed E-state index contributed by atoms with van der Waals surface area (Å²) in [6, 6.07) is 0.262. The number of hydrogen-bond acceptors (Lipinski definition) is 4. The number of thiazole rings is 1. The number of aliphatic imine (C=N–C) groups is 1. The molecule has 2 fully saturated rings. The highest BCUT2D eigenvalue weighted by atomic mass is 127. The molecule has 142 valence electrons. The topological polar surface area (TPSA) is 58.5 Å². The van der Waals surface area contributed by atoms with Crippen molar-refractivity contribution in [3.05, 3.63) is 16.1 Å². The zero-order valence-electron chi connectivity index (χ0n) is 13.8. The van der Waals surface area contributed by atoms with Crippen LogP contribution in [0, 0.1) is 0 Å². The summed E-state index contributed by atoms with van der Waals surface area (Å²) in [5.41, 5.74) is -0.823. The molecule has 10 heteroatoms. The van der Waals surface area contributed by atoms with E-state index >= 15 is 0 Å². The quantitative estimate of drug-likeness (QED) is 0.378. The van der Waals surface area contributed by atoms with Gasteiger partial charge in [-0.3, -0.25) is 4.99 Å². The van der Waals surface area contributed by atoms with Crippen LogP contribution in [0.4, 0.5) is 13.2 Å². The van der Waals surface area contributed by atoms with Crippen LogP contribution in [0.1, 0.15) is 36.9 Å². The fourth-order valence-electron chi connectivity index (χ4n) is 3.10. The SMILES string of the molecule is CCNC(=NCCc1nc(C(F)(F)F)cs1)NC1CC2CCC1O2.I. The highest BCUT2D eigenvalue weighted by Gasteiger charge is 2.41. The monoisotopic (exact) mass is 490 g/mol. The lowest BCUT2D eigenvalue weighted by atomic mass is 9.96. The third-order valence-corrected chi connectivity index (χ3v) is 5.12. The van der Waals surface area contributed by atoms with Crippen LogP contribution < -0.4 is 10.6 Å². The minimum Gasteiger partial charge on any atom is -0.373 e. The normalized spacial score (nSPS) is 25.8. The number of guanidine groups is 1. The molecule has 3 atom stereocenters. The molecule has 3 unspecified atom stereocenters. The Labute approximate surface area is 165 Å². The van der Waals surface area contributed by atoms with Gasteiger partial charge in [0.1, 0.15) is 0 Å². The van der Waals surface area contributed by atoms with Crippen LogP contribution in [-0.4, -0.2) is 42.3 Å². The Morgan fingerprint density at radius 3 is 2.80 bits per heavy atom. The molecule has 2 aliphatic rings. The fraction of sp³-hybridized carbons (Fsp3) is 0.733.